The van der Waals surface area contributed by atoms with E-state index in [9.17, 15) is 23.6 Å². The van der Waals surface area contributed by atoms with Crippen LogP contribution in [0.1, 0.15) is 41.4 Å². The van der Waals surface area contributed by atoms with Crippen LogP contribution >= 0.6 is 23.2 Å². The van der Waals surface area contributed by atoms with E-state index >= 15 is 0 Å². The SMILES string of the molecule is O=Cc1cc(OCCOc2c(Cl)cc(F)cc2Cl)c(C=O)c(C=O)c1C=O. The molecule has 0 spiro atoms. The first kappa shape index (κ1) is 20.5. The van der Waals surface area contributed by atoms with Crippen LogP contribution in [-0.2, 0) is 0 Å². The Morgan fingerprint density at radius 1 is 0.778 bits per heavy atom. The Kier molecular flexibility index (Phi) is 7.04. The number of hydrogen-bond acceptors (Lipinski definition) is 6. The number of hydrogen-bond donors (Lipinski definition) is 0. The van der Waals surface area contributed by atoms with Crippen LogP contribution in [0.25, 0.3) is 0 Å². The standard InChI is InChI=1S/C18H11Cl2FO6/c19-15-4-11(21)5-16(20)18(15)27-2-1-26-17-3-10(6-22)12(7-23)13(8-24)14(17)9-25/h3-9H,1-2H2. The van der Waals surface area contributed by atoms with Crippen molar-refractivity contribution >= 4 is 48.3 Å². The van der Waals surface area contributed by atoms with Crippen LogP contribution in [0.3, 0.4) is 0 Å². The topological polar surface area (TPSA) is 86.7 Å². The second kappa shape index (κ2) is 9.25. The Morgan fingerprint density at radius 2 is 1.33 bits per heavy atom. The molecule has 0 unspecified atom stereocenters. The van der Waals surface area contributed by atoms with Crippen LogP contribution in [0, 0.1) is 5.82 Å². The van der Waals surface area contributed by atoms with Gasteiger partial charge in [-0.25, -0.2) is 4.39 Å². The van der Waals surface area contributed by atoms with Crippen molar-refractivity contribution in [2.75, 3.05) is 13.2 Å². The molecule has 0 fully saturated rings. The van der Waals surface area contributed by atoms with Gasteiger partial charge in [0.15, 0.2) is 30.9 Å². The summed E-state index contributed by atoms with van der Waals surface area (Å²) in [5.74, 6) is -0.639. The predicted octanol–water partition coefficient (Wildman–Crippen LogP) is 3.84. The van der Waals surface area contributed by atoms with E-state index in [4.69, 9.17) is 32.7 Å². The molecule has 0 amide bonds. The van der Waals surface area contributed by atoms with Gasteiger partial charge < -0.3 is 9.47 Å². The molecule has 0 aliphatic rings. The van der Waals surface area contributed by atoms with Crippen LogP contribution < -0.4 is 9.47 Å². The van der Waals surface area contributed by atoms with Crippen molar-refractivity contribution in [2.24, 2.45) is 0 Å². The van der Waals surface area contributed by atoms with Crippen molar-refractivity contribution in [3.8, 4) is 11.5 Å². The van der Waals surface area contributed by atoms with E-state index in [0.717, 1.165) is 12.1 Å². The molecule has 0 heterocycles. The summed E-state index contributed by atoms with van der Waals surface area (Å²) in [6.07, 6.45) is 1.32. The van der Waals surface area contributed by atoms with E-state index in [-0.39, 0.29) is 57.0 Å². The van der Waals surface area contributed by atoms with Gasteiger partial charge in [-0.3, -0.25) is 19.2 Å². The maximum atomic E-state index is 13.1. The van der Waals surface area contributed by atoms with Crippen LogP contribution in [-0.4, -0.2) is 38.4 Å². The molecule has 6 nitrogen and oxygen atoms in total. The first-order chi connectivity index (χ1) is 13.0. The van der Waals surface area contributed by atoms with Crippen molar-refractivity contribution in [1.29, 1.82) is 0 Å². The highest BCUT2D eigenvalue weighted by atomic mass is 35.5. The molecule has 2 aromatic carbocycles. The number of rotatable bonds is 9. The first-order valence-corrected chi connectivity index (χ1v) is 8.14. The summed E-state index contributed by atoms with van der Waals surface area (Å²) >= 11 is 11.7. The van der Waals surface area contributed by atoms with Crippen molar-refractivity contribution in [1.82, 2.24) is 0 Å². The number of benzene rings is 2. The van der Waals surface area contributed by atoms with Gasteiger partial charge in [0.05, 0.1) is 15.6 Å². The lowest BCUT2D eigenvalue weighted by Gasteiger charge is -2.14. The van der Waals surface area contributed by atoms with Gasteiger partial charge in [0, 0.05) is 16.7 Å². The highest BCUT2D eigenvalue weighted by Crippen LogP contribution is 2.33. The zero-order chi connectivity index (χ0) is 20.0. The monoisotopic (exact) mass is 412 g/mol. The molecule has 0 saturated heterocycles. The lowest BCUT2D eigenvalue weighted by molar-refractivity contribution is 0.107. The number of ether oxygens (including phenoxy) is 2. The van der Waals surface area contributed by atoms with Crippen LogP contribution in [0.4, 0.5) is 4.39 Å². The van der Waals surface area contributed by atoms with Crippen LogP contribution in [0.5, 0.6) is 11.5 Å². The molecular formula is C18H11Cl2FO6. The smallest absolute Gasteiger partial charge is 0.156 e. The van der Waals surface area contributed by atoms with Gasteiger partial charge in [0.1, 0.15) is 24.8 Å². The summed E-state index contributed by atoms with van der Waals surface area (Å²) in [5.41, 5.74) is -0.713. The third kappa shape index (κ3) is 4.50. The lowest BCUT2D eigenvalue weighted by atomic mass is 9.97. The van der Waals surface area contributed by atoms with E-state index in [1.54, 1.807) is 0 Å². The van der Waals surface area contributed by atoms with Gasteiger partial charge in [-0.2, -0.15) is 0 Å². The van der Waals surface area contributed by atoms with Gasteiger partial charge >= 0.3 is 0 Å². The van der Waals surface area contributed by atoms with Gasteiger partial charge in [0.25, 0.3) is 0 Å². The normalized spacial score (nSPS) is 10.2. The van der Waals surface area contributed by atoms with Crippen molar-refractivity contribution in [3.05, 3.63) is 56.3 Å². The quantitative estimate of drug-likeness (QED) is 0.459. The number of halogens is 3. The highest BCUT2D eigenvalue weighted by Gasteiger charge is 2.18. The van der Waals surface area contributed by atoms with Gasteiger partial charge in [0.2, 0.25) is 0 Å². The Hall–Kier alpha value is -2.77. The molecule has 9 heteroatoms. The molecule has 2 rings (SSSR count). The molecule has 0 bridgehead atoms. The van der Waals surface area contributed by atoms with Gasteiger partial charge in [-0.05, 0) is 18.2 Å². The average Bonchev–Trinajstić information content (AvgIpc) is 2.64. The molecule has 0 atom stereocenters. The molecule has 0 radical (unpaired) electrons. The fourth-order valence-corrected chi connectivity index (χ4v) is 2.86. The molecule has 140 valence electrons. The number of carbonyl (C=O) groups is 4. The molecule has 0 aliphatic carbocycles. The van der Waals surface area contributed by atoms with E-state index < -0.39 is 5.82 Å². The third-order valence-electron chi connectivity index (χ3n) is 3.47. The molecule has 27 heavy (non-hydrogen) atoms. The summed E-state index contributed by atoms with van der Waals surface area (Å²) < 4.78 is 23.9. The Labute approximate surface area is 162 Å². The molecule has 2 aromatic rings. The summed E-state index contributed by atoms with van der Waals surface area (Å²) in [6.45, 7) is -0.215. The molecule has 0 aromatic heterocycles. The maximum Gasteiger partial charge on any atom is 0.156 e. The number of aldehydes is 4. The third-order valence-corrected chi connectivity index (χ3v) is 4.04. The average molecular weight is 413 g/mol. The van der Waals surface area contributed by atoms with E-state index in [0.29, 0.717) is 25.1 Å². The minimum absolute atomic E-state index is 0.0320. The maximum absolute atomic E-state index is 13.1. The largest absolute Gasteiger partial charge is 0.489 e. The molecule has 0 aliphatic heterocycles. The molecular weight excluding hydrogens is 402 g/mol. The van der Waals surface area contributed by atoms with Gasteiger partial charge in [-0.1, -0.05) is 23.2 Å². The highest BCUT2D eigenvalue weighted by molar-refractivity contribution is 6.37. The summed E-state index contributed by atoms with van der Waals surface area (Å²) in [7, 11) is 0. The van der Waals surface area contributed by atoms with Crippen molar-refractivity contribution in [3.63, 3.8) is 0 Å². The Morgan fingerprint density at radius 3 is 1.85 bits per heavy atom. The van der Waals surface area contributed by atoms with Crippen LogP contribution in [0.15, 0.2) is 18.2 Å². The van der Waals surface area contributed by atoms with E-state index in [1.165, 1.54) is 6.07 Å². The molecule has 0 saturated carbocycles. The summed E-state index contributed by atoms with van der Waals surface area (Å²) in [5, 5.41) is -0.0641. The Balaban J connectivity index is 2.19. The Bertz CT molecular complexity index is 890. The van der Waals surface area contributed by atoms with Crippen molar-refractivity contribution in [2.45, 2.75) is 0 Å². The van der Waals surface area contributed by atoms with E-state index in [1.807, 2.05) is 0 Å². The second-order valence-corrected chi connectivity index (χ2v) is 5.89. The first-order valence-electron chi connectivity index (χ1n) is 7.38. The predicted molar refractivity (Wildman–Crippen MR) is 95.4 cm³/mol. The second-order valence-electron chi connectivity index (χ2n) is 5.07. The fourth-order valence-electron chi connectivity index (χ4n) is 2.29. The van der Waals surface area contributed by atoms with Gasteiger partial charge in [-0.15, -0.1) is 0 Å². The zero-order valence-electron chi connectivity index (χ0n) is 13.5. The minimum Gasteiger partial charge on any atom is -0.489 e. The summed E-state index contributed by atoms with van der Waals surface area (Å²) in [4.78, 5) is 44.8. The number of carbonyl (C=O) groups excluding carboxylic acids is 4. The lowest BCUT2D eigenvalue weighted by Crippen LogP contribution is -2.12. The van der Waals surface area contributed by atoms with Crippen molar-refractivity contribution < 1.29 is 33.0 Å². The van der Waals surface area contributed by atoms with E-state index in [2.05, 4.69) is 0 Å². The zero-order valence-corrected chi connectivity index (χ0v) is 15.1. The fraction of sp³-hybridized carbons (Fsp3) is 0.111. The summed E-state index contributed by atoms with van der Waals surface area (Å²) in [6, 6.07) is 3.23. The van der Waals surface area contributed by atoms with Crippen LogP contribution in [0.2, 0.25) is 10.0 Å². The molecule has 0 N–H and O–H groups in total. The minimum atomic E-state index is -0.623.